The van der Waals surface area contributed by atoms with Gasteiger partial charge < -0.3 is 9.84 Å². The number of aliphatic carboxylic acids is 1. The third kappa shape index (κ3) is 4.46. The molecule has 1 aromatic carbocycles. The minimum Gasteiger partial charge on any atom is -0.486 e. The summed E-state index contributed by atoms with van der Waals surface area (Å²) in [7, 11) is 0. The van der Waals surface area contributed by atoms with Crippen LogP contribution in [-0.4, -0.2) is 16.1 Å². The second kappa shape index (κ2) is 6.93. The lowest BCUT2D eigenvalue weighted by Gasteiger charge is -2.11. The van der Waals surface area contributed by atoms with Gasteiger partial charge in [-0.1, -0.05) is 23.2 Å². The van der Waals surface area contributed by atoms with Crippen LogP contribution in [0.5, 0.6) is 5.75 Å². The second-order valence-electron chi connectivity index (χ2n) is 4.11. The number of thiazole rings is 1. The van der Waals surface area contributed by atoms with Crippen LogP contribution in [0.2, 0.25) is 10.0 Å². The van der Waals surface area contributed by atoms with Gasteiger partial charge in [0.05, 0.1) is 14.9 Å². The molecule has 21 heavy (non-hydrogen) atoms. The SMILES string of the molecule is Cc1ncc(COc2c(Cl)cc(Cl)cc2C=CC(=O)O)s1. The highest BCUT2D eigenvalue weighted by molar-refractivity contribution is 7.11. The molecule has 0 saturated heterocycles. The molecule has 0 aliphatic carbocycles. The van der Waals surface area contributed by atoms with Gasteiger partial charge in [0.2, 0.25) is 0 Å². The van der Waals surface area contributed by atoms with Crippen LogP contribution in [0, 0.1) is 6.92 Å². The zero-order chi connectivity index (χ0) is 15.4. The van der Waals surface area contributed by atoms with Crippen LogP contribution in [0.25, 0.3) is 6.08 Å². The van der Waals surface area contributed by atoms with Crippen molar-refractivity contribution in [2.24, 2.45) is 0 Å². The monoisotopic (exact) mass is 343 g/mol. The number of carboxylic acids is 1. The Kier molecular flexibility index (Phi) is 5.22. The molecule has 0 aliphatic rings. The Bertz CT molecular complexity index is 698. The molecule has 7 heteroatoms. The van der Waals surface area contributed by atoms with E-state index >= 15 is 0 Å². The Labute approximate surface area is 135 Å². The highest BCUT2D eigenvalue weighted by atomic mass is 35.5. The second-order valence-corrected chi connectivity index (χ2v) is 6.27. The molecule has 4 nitrogen and oxygen atoms in total. The van der Waals surface area contributed by atoms with Crippen molar-refractivity contribution < 1.29 is 14.6 Å². The first-order valence-electron chi connectivity index (χ1n) is 5.90. The normalized spacial score (nSPS) is 11.0. The summed E-state index contributed by atoms with van der Waals surface area (Å²) >= 11 is 13.6. The smallest absolute Gasteiger partial charge is 0.328 e. The van der Waals surface area contributed by atoms with Gasteiger partial charge in [-0.2, -0.15) is 0 Å². The Morgan fingerprint density at radius 1 is 1.48 bits per heavy atom. The number of aromatic nitrogens is 1. The van der Waals surface area contributed by atoms with Gasteiger partial charge in [0.25, 0.3) is 0 Å². The first kappa shape index (κ1) is 15.8. The molecule has 110 valence electrons. The number of hydrogen-bond donors (Lipinski definition) is 1. The van der Waals surface area contributed by atoms with Crippen LogP contribution >= 0.6 is 34.5 Å². The fourth-order valence-electron chi connectivity index (χ4n) is 1.63. The number of hydrogen-bond acceptors (Lipinski definition) is 4. The first-order valence-corrected chi connectivity index (χ1v) is 7.47. The Hall–Kier alpha value is -1.56. The van der Waals surface area contributed by atoms with E-state index in [0.717, 1.165) is 16.0 Å². The van der Waals surface area contributed by atoms with Crippen molar-refractivity contribution in [1.82, 2.24) is 4.98 Å². The van der Waals surface area contributed by atoms with Crippen LogP contribution in [0.15, 0.2) is 24.4 Å². The summed E-state index contributed by atoms with van der Waals surface area (Å²) in [5.74, 6) is -0.667. The van der Waals surface area contributed by atoms with Crippen molar-refractivity contribution in [3.8, 4) is 5.75 Å². The van der Waals surface area contributed by atoms with Crippen LogP contribution in [0.4, 0.5) is 0 Å². The van der Waals surface area contributed by atoms with E-state index in [-0.39, 0.29) is 0 Å². The van der Waals surface area contributed by atoms with E-state index in [0.29, 0.717) is 28.0 Å². The minimum atomic E-state index is -1.06. The number of carbonyl (C=O) groups is 1. The molecule has 2 rings (SSSR count). The van der Waals surface area contributed by atoms with Gasteiger partial charge in [0.1, 0.15) is 12.4 Å². The molecule has 0 fully saturated rings. The van der Waals surface area contributed by atoms with Gasteiger partial charge >= 0.3 is 5.97 Å². The van der Waals surface area contributed by atoms with E-state index in [1.807, 2.05) is 6.92 Å². The van der Waals surface area contributed by atoms with Crippen LogP contribution in [-0.2, 0) is 11.4 Å². The molecule has 2 aromatic rings. The summed E-state index contributed by atoms with van der Waals surface area (Å²) in [6.45, 7) is 2.21. The first-order chi connectivity index (χ1) is 9.95. The summed E-state index contributed by atoms with van der Waals surface area (Å²) in [5, 5.41) is 10.4. The van der Waals surface area contributed by atoms with Crippen molar-refractivity contribution in [2.45, 2.75) is 13.5 Å². The Morgan fingerprint density at radius 2 is 2.24 bits per heavy atom. The number of rotatable bonds is 5. The lowest BCUT2D eigenvalue weighted by atomic mass is 10.2. The zero-order valence-corrected chi connectivity index (χ0v) is 13.3. The molecular formula is C14H11Cl2NO3S. The van der Waals surface area contributed by atoms with Crippen molar-refractivity contribution in [2.75, 3.05) is 0 Å². The molecule has 0 saturated carbocycles. The largest absolute Gasteiger partial charge is 0.486 e. The summed E-state index contributed by atoms with van der Waals surface area (Å²) in [4.78, 5) is 15.7. The standard InChI is InChI=1S/C14H11Cl2NO3S/c1-8-17-6-11(21-8)7-20-14-9(2-3-13(18)19)4-10(15)5-12(14)16/h2-6H,7H2,1H3,(H,18,19). The lowest BCUT2D eigenvalue weighted by molar-refractivity contribution is -0.131. The maximum atomic E-state index is 10.6. The molecule has 0 spiro atoms. The maximum Gasteiger partial charge on any atom is 0.328 e. The summed E-state index contributed by atoms with van der Waals surface area (Å²) in [5.41, 5.74) is 0.510. The number of ether oxygens (including phenoxy) is 1. The van der Waals surface area contributed by atoms with Gasteiger partial charge in [0, 0.05) is 22.9 Å². The molecule has 1 heterocycles. The molecule has 0 aliphatic heterocycles. The van der Waals surface area contributed by atoms with Crippen LogP contribution in [0.3, 0.4) is 0 Å². The number of benzene rings is 1. The number of carboxylic acid groups (broad SMARTS) is 1. The van der Waals surface area contributed by atoms with E-state index < -0.39 is 5.97 Å². The number of halogens is 2. The summed E-state index contributed by atoms with van der Waals surface area (Å²) in [6.07, 6.45) is 4.13. The topological polar surface area (TPSA) is 59.4 Å². The average molecular weight is 344 g/mol. The molecule has 0 atom stereocenters. The Morgan fingerprint density at radius 3 is 2.86 bits per heavy atom. The van der Waals surface area contributed by atoms with Crippen molar-refractivity contribution in [1.29, 1.82) is 0 Å². The fourth-order valence-corrected chi connectivity index (χ4v) is 2.90. The lowest BCUT2D eigenvalue weighted by Crippen LogP contribution is -1.96. The average Bonchev–Trinajstić information content (AvgIpc) is 2.80. The summed E-state index contributed by atoms with van der Waals surface area (Å²) in [6, 6.07) is 3.15. The molecule has 0 radical (unpaired) electrons. The van der Waals surface area contributed by atoms with Crippen molar-refractivity contribution >= 4 is 46.6 Å². The van der Waals surface area contributed by atoms with Crippen LogP contribution in [0.1, 0.15) is 15.4 Å². The number of aryl methyl sites for hydroxylation is 1. The third-order valence-electron chi connectivity index (χ3n) is 2.47. The van der Waals surface area contributed by atoms with E-state index in [9.17, 15) is 4.79 Å². The van der Waals surface area contributed by atoms with Crippen molar-refractivity contribution in [3.05, 3.63) is 49.9 Å². The number of nitrogens with zero attached hydrogens (tertiary/aromatic N) is 1. The van der Waals surface area contributed by atoms with Crippen LogP contribution < -0.4 is 4.74 Å². The highest BCUT2D eigenvalue weighted by Crippen LogP contribution is 2.34. The highest BCUT2D eigenvalue weighted by Gasteiger charge is 2.10. The summed E-state index contributed by atoms with van der Waals surface area (Å²) < 4.78 is 5.69. The van der Waals surface area contributed by atoms with E-state index in [2.05, 4.69) is 4.98 Å². The molecular weight excluding hydrogens is 333 g/mol. The maximum absolute atomic E-state index is 10.6. The molecule has 1 aromatic heterocycles. The van der Waals surface area contributed by atoms with Crippen molar-refractivity contribution in [3.63, 3.8) is 0 Å². The molecule has 0 unspecified atom stereocenters. The third-order valence-corrected chi connectivity index (χ3v) is 3.86. The molecule has 0 bridgehead atoms. The van der Waals surface area contributed by atoms with Gasteiger partial charge in [-0.15, -0.1) is 11.3 Å². The van der Waals surface area contributed by atoms with E-state index in [1.165, 1.54) is 17.4 Å². The molecule has 1 N–H and O–H groups in total. The van der Waals surface area contributed by atoms with Gasteiger partial charge in [-0.05, 0) is 25.1 Å². The quantitative estimate of drug-likeness (QED) is 0.815. The van der Waals surface area contributed by atoms with Gasteiger partial charge in [0.15, 0.2) is 0 Å². The molecule has 0 amide bonds. The zero-order valence-electron chi connectivity index (χ0n) is 11.0. The van der Waals surface area contributed by atoms with Gasteiger partial charge in [-0.3, -0.25) is 0 Å². The van der Waals surface area contributed by atoms with Gasteiger partial charge in [-0.25, -0.2) is 9.78 Å². The fraction of sp³-hybridized carbons (Fsp3) is 0.143. The predicted molar refractivity (Wildman–Crippen MR) is 84.3 cm³/mol. The van der Waals surface area contributed by atoms with E-state index in [1.54, 1.807) is 18.3 Å². The minimum absolute atomic E-state index is 0.306. The predicted octanol–water partition coefficient (Wildman–Crippen LogP) is 4.44. The van der Waals surface area contributed by atoms with E-state index in [4.69, 9.17) is 33.0 Å². The Balaban J connectivity index is 2.26.